The zero-order chi connectivity index (χ0) is 22.4. The van der Waals surface area contributed by atoms with Gasteiger partial charge in [0.1, 0.15) is 17.2 Å². The molecular formula is C27H32O3. The Morgan fingerprint density at radius 3 is 1.10 bits per heavy atom. The Morgan fingerprint density at radius 1 is 0.533 bits per heavy atom. The second-order valence-electron chi connectivity index (χ2n) is 9.00. The summed E-state index contributed by atoms with van der Waals surface area (Å²) in [5.74, 6) is 0.999. The first-order valence-corrected chi connectivity index (χ1v) is 10.3. The van der Waals surface area contributed by atoms with Crippen molar-refractivity contribution in [1.82, 2.24) is 0 Å². The van der Waals surface area contributed by atoms with Gasteiger partial charge in [-0.25, -0.2) is 0 Å². The van der Waals surface area contributed by atoms with Crippen LogP contribution >= 0.6 is 0 Å². The molecule has 0 fully saturated rings. The van der Waals surface area contributed by atoms with Gasteiger partial charge in [-0.3, -0.25) is 0 Å². The topological polar surface area (TPSA) is 60.7 Å². The predicted octanol–water partition coefficient (Wildman–Crippen LogP) is 6.20. The van der Waals surface area contributed by atoms with Crippen molar-refractivity contribution in [3.05, 3.63) is 86.5 Å². The van der Waals surface area contributed by atoms with E-state index in [0.717, 1.165) is 56.5 Å². The number of aryl methyl sites for hydroxylation is 6. The van der Waals surface area contributed by atoms with Crippen LogP contribution in [0.1, 0.15) is 57.0 Å². The fraction of sp³-hybridized carbons (Fsp3) is 0.333. The Kier molecular flexibility index (Phi) is 5.60. The molecule has 0 aromatic heterocycles. The molecule has 0 aliphatic rings. The van der Waals surface area contributed by atoms with Crippen molar-refractivity contribution in [3.8, 4) is 17.2 Å². The highest BCUT2D eigenvalue weighted by molar-refractivity contribution is 5.53. The van der Waals surface area contributed by atoms with Crippen molar-refractivity contribution in [3.63, 3.8) is 0 Å². The van der Waals surface area contributed by atoms with Crippen LogP contribution in [-0.4, -0.2) is 15.3 Å². The van der Waals surface area contributed by atoms with E-state index in [1.54, 1.807) is 0 Å². The maximum absolute atomic E-state index is 10.3. The molecule has 0 atom stereocenters. The van der Waals surface area contributed by atoms with Crippen molar-refractivity contribution >= 4 is 0 Å². The summed E-state index contributed by atoms with van der Waals surface area (Å²) in [7, 11) is 0. The molecule has 3 aromatic rings. The maximum Gasteiger partial charge on any atom is 0.121 e. The van der Waals surface area contributed by atoms with E-state index in [1.165, 1.54) is 0 Å². The number of phenolic OH excluding ortho intramolecular Hbond substituents is 3. The summed E-state index contributed by atoms with van der Waals surface area (Å²) < 4.78 is 0. The lowest BCUT2D eigenvalue weighted by Gasteiger charge is -2.33. The summed E-state index contributed by atoms with van der Waals surface area (Å²) in [6.07, 6.45) is 0.724. The van der Waals surface area contributed by atoms with E-state index in [1.807, 2.05) is 53.7 Å². The van der Waals surface area contributed by atoms with Gasteiger partial charge in [-0.1, -0.05) is 43.3 Å². The van der Waals surface area contributed by atoms with E-state index in [9.17, 15) is 15.3 Å². The zero-order valence-electron chi connectivity index (χ0n) is 19.0. The number of hydrogen-bond acceptors (Lipinski definition) is 3. The summed E-state index contributed by atoms with van der Waals surface area (Å²) in [6.45, 7) is 13.8. The Bertz CT molecular complexity index is 998. The van der Waals surface area contributed by atoms with E-state index >= 15 is 0 Å². The van der Waals surface area contributed by atoms with Gasteiger partial charge in [0, 0.05) is 5.41 Å². The van der Waals surface area contributed by atoms with Gasteiger partial charge in [0.25, 0.3) is 0 Å². The smallest absolute Gasteiger partial charge is 0.121 e. The molecule has 30 heavy (non-hydrogen) atoms. The molecule has 0 radical (unpaired) electrons. The molecule has 0 aliphatic heterocycles. The average Bonchev–Trinajstić information content (AvgIpc) is 2.67. The van der Waals surface area contributed by atoms with Crippen LogP contribution in [0.2, 0.25) is 0 Å². The van der Waals surface area contributed by atoms with E-state index in [-0.39, 0.29) is 5.41 Å². The number of hydrogen-bond donors (Lipinski definition) is 3. The minimum Gasteiger partial charge on any atom is -0.507 e. The molecule has 0 bridgehead atoms. The predicted molar refractivity (Wildman–Crippen MR) is 123 cm³/mol. The normalized spacial score (nSPS) is 11.7. The standard InChI is InChI=1S/C27H32O3/c1-15-8-21(9-16(2)24(15)28)14-27(7,22-10-17(3)25(29)18(4)11-22)23-12-19(5)26(30)20(6)13-23/h8-13,28-30H,14H2,1-7H3. The molecule has 0 aliphatic carbocycles. The highest BCUT2D eigenvalue weighted by Gasteiger charge is 2.31. The quantitative estimate of drug-likeness (QED) is 0.485. The maximum atomic E-state index is 10.3. The van der Waals surface area contributed by atoms with Crippen LogP contribution in [0.25, 0.3) is 0 Å². The van der Waals surface area contributed by atoms with Gasteiger partial charge in [-0.15, -0.1) is 0 Å². The third kappa shape index (κ3) is 3.77. The van der Waals surface area contributed by atoms with Gasteiger partial charge in [0.2, 0.25) is 0 Å². The largest absolute Gasteiger partial charge is 0.507 e. The first-order valence-electron chi connectivity index (χ1n) is 10.3. The summed E-state index contributed by atoms with van der Waals surface area (Å²) in [5.41, 5.74) is 8.10. The van der Waals surface area contributed by atoms with Crippen molar-refractivity contribution in [2.45, 2.75) is 60.3 Å². The zero-order valence-corrected chi connectivity index (χ0v) is 19.0. The van der Waals surface area contributed by atoms with Gasteiger partial charge < -0.3 is 15.3 Å². The molecule has 0 heterocycles. The minimum atomic E-state index is -0.387. The van der Waals surface area contributed by atoms with Crippen LogP contribution in [-0.2, 0) is 11.8 Å². The molecule has 3 heteroatoms. The Labute approximate surface area is 179 Å². The first-order chi connectivity index (χ1) is 13.9. The number of rotatable bonds is 4. The monoisotopic (exact) mass is 404 g/mol. The van der Waals surface area contributed by atoms with Crippen LogP contribution < -0.4 is 0 Å². The number of benzene rings is 3. The van der Waals surface area contributed by atoms with Gasteiger partial charge in [-0.2, -0.15) is 0 Å². The molecule has 0 saturated carbocycles. The lowest BCUT2D eigenvalue weighted by atomic mass is 9.70. The summed E-state index contributed by atoms with van der Waals surface area (Å²) >= 11 is 0. The Morgan fingerprint density at radius 2 is 0.800 bits per heavy atom. The van der Waals surface area contributed by atoms with Crippen LogP contribution in [0.5, 0.6) is 17.2 Å². The van der Waals surface area contributed by atoms with E-state index in [4.69, 9.17) is 0 Å². The first kappa shape index (κ1) is 21.8. The molecule has 0 spiro atoms. The van der Waals surface area contributed by atoms with Crippen molar-refractivity contribution < 1.29 is 15.3 Å². The number of aromatic hydroxyl groups is 3. The molecule has 3 N–H and O–H groups in total. The summed E-state index contributed by atoms with van der Waals surface area (Å²) in [5, 5.41) is 30.9. The van der Waals surface area contributed by atoms with Crippen LogP contribution in [0.3, 0.4) is 0 Å². The van der Waals surface area contributed by atoms with Gasteiger partial charge in [0.15, 0.2) is 0 Å². The van der Waals surface area contributed by atoms with E-state index in [2.05, 4.69) is 31.2 Å². The highest BCUT2D eigenvalue weighted by Crippen LogP contribution is 2.41. The lowest BCUT2D eigenvalue weighted by molar-refractivity contribution is 0.462. The van der Waals surface area contributed by atoms with Crippen LogP contribution in [0.15, 0.2) is 36.4 Å². The number of phenols is 3. The lowest BCUT2D eigenvalue weighted by Crippen LogP contribution is -2.27. The van der Waals surface area contributed by atoms with Gasteiger partial charge >= 0.3 is 0 Å². The molecule has 3 rings (SSSR count). The fourth-order valence-corrected chi connectivity index (χ4v) is 4.48. The molecule has 3 nitrogen and oxygen atoms in total. The Hall–Kier alpha value is -2.94. The van der Waals surface area contributed by atoms with Gasteiger partial charge in [-0.05, 0) is 98.0 Å². The molecule has 3 aromatic carbocycles. The molecule has 0 amide bonds. The SMILES string of the molecule is Cc1cc(CC(C)(c2cc(C)c(O)c(C)c2)c2cc(C)c(O)c(C)c2)cc(C)c1O. The van der Waals surface area contributed by atoms with Crippen LogP contribution in [0, 0.1) is 41.5 Å². The average molecular weight is 405 g/mol. The summed E-state index contributed by atoms with van der Waals surface area (Å²) in [6, 6.07) is 12.3. The minimum absolute atomic E-state index is 0.329. The third-order valence-electron chi connectivity index (χ3n) is 6.36. The molecular weight excluding hydrogens is 372 g/mol. The van der Waals surface area contributed by atoms with E-state index < -0.39 is 0 Å². The van der Waals surface area contributed by atoms with Crippen molar-refractivity contribution in [2.75, 3.05) is 0 Å². The Balaban J connectivity index is 2.26. The van der Waals surface area contributed by atoms with E-state index in [0.29, 0.717) is 17.2 Å². The molecule has 0 saturated heterocycles. The van der Waals surface area contributed by atoms with Crippen molar-refractivity contribution in [2.24, 2.45) is 0 Å². The van der Waals surface area contributed by atoms with Gasteiger partial charge in [0.05, 0.1) is 0 Å². The highest BCUT2D eigenvalue weighted by atomic mass is 16.3. The van der Waals surface area contributed by atoms with Crippen LogP contribution in [0.4, 0.5) is 0 Å². The summed E-state index contributed by atoms with van der Waals surface area (Å²) in [4.78, 5) is 0. The third-order valence-corrected chi connectivity index (χ3v) is 6.36. The second-order valence-corrected chi connectivity index (χ2v) is 9.00. The fourth-order valence-electron chi connectivity index (χ4n) is 4.48. The van der Waals surface area contributed by atoms with Crippen molar-refractivity contribution in [1.29, 1.82) is 0 Å². The second kappa shape index (κ2) is 7.71. The molecule has 158 valence electrons. The molecule has 0 unspecified atom stereocenters.